The summed E-state index contributed by atoms with van der Waals surface area (Å²) in [5, 5.41) is 0. The van der Waals surface area contributed by atoms with E-state index in [4.69, 9.17) is 0 Å². The second-order valence-electron chi connectivity index (χ2n) is 3.27. The monoisotopic (exact) mass is 188 g/mol. The Hall–Kier alpha value is -1.37. The third kappa shape index (κ3) is 3.56. The highest BCUT2D eigenvalue weighted by molar-refractivity contribution is 6.04. The highest BCUT2D eigenvalue weighted by Gasteiger charge is 1.97. The summed E-state index contributed by atoms with van der Waals surface area (Å²) in [6.07, 6.45) is 6.95. The van der Waals surface area contributed by atoms with Gasteiger partial charge in [-0.2, -0.15) is 0 Å². The normalized spacial score (nSPS) is 10.6. The van der Waals surface area contributed by atoms with Crippen LogP contribution >= 0.6 is 0 Å². The minimum absolute atomic E-state index is 0.0988. The van der Waals surface area contributed by atoms with E-state index in [2.05, 4.69) is 6.92 Å². The van der Waals surface area contributed by atoms with E-state index in [9.17, 15) is 4.79 Å². The number of carbonyl (C=O) groups is 1. The number of ketones is 1. The maximum atomic E-state index is 11.5. The molecule has 0 aliphatic heterocycles. The number of unbranched alkanes of at least 4 members (excludes halogenated alkanes) is 2. The first-order valence-corrected chi connectivity index (χ1v) is 5.10. The number of allylic oxidation sites excluding steroid dienone is 2. The Bertz CT molecular complexity index is 298. The van der Waals surface area contributed by atoms with Crippen molar-refractivity contribution in [1.82, 2.24) is 0 Å². The second kappa shape index (κ2) is 6.14. The van der Waals surface area contributed by atoms with Crippen LogP contribution in [0.3, 0.4) is 0 Å². The van der Waals surface area contributed by atoms with E-state index in [-0.39, 0.29) is 5.78 Å². The van der Waals surface area contributed by atoms with Crippen LogP contribution in [0.25, 0.3) is 0 Å². The van der Waals surface area contributed by atoms with Crippen LogP contribution in [0.15, 0.2) is 42.5 Å². The van der Waals surface area contributed by atoms with E-state index in [1.807, 2.05) is 36.4 Å². The van der Waals surface area contributed by atoms with Gasteiger partial charge in [-0.3, -0.25) is 4.79 Å². The minimum Gasteiger partial charge on any atom is -0.289 e. The highest BCUT2D eigenvalue weighted by atomic mass is 16.1. The molecule has 1 heteroatoms. The van der Waals surface area contributed by atoms with Gasteiger partial charge in [0.2, 0.25) is 0 Å². The molecule has 1 aromatic rings. The van der Waals surface area contributed by atoms with Crippen LogP contribution in [-0.4, -0.2) is 5.78 Å². The molecule has 0 aliphatic carbocycles. The first kappa shape index (κ1) is 10.7. The summed E-state index contributed by atoms with van der Waals surface area (Å²) in [6.45, 7) is 2.15. The van der Waals surface area contributed by atoms with Crippen LogP contribution in [0.4, 0.5) is 0 Å². The maximum Gasteiger partial charge on any atom is 0.185 e. The molecule has 0 aliphatic rings. The van der Waals surface area contributed by atoms with E-state index in [1.54, 1.807) is 6.08 Å². The fraction of sp³-hybridized carbons (Fsp3) is 0.308. The number of hydrogen-bond donors (Lipinski definition) is 0. The fourth-order valence-electron chi connectivity index (χ4n) is 1.21. The topological polar surface area (TPSA) is 17.1 Å². The van der Waals surface area contributed by atoms with Gasteiger partial charge in [0.05, 0.1) is 0 Å². The Kier molecular flexibility index (Phi) is 4.70. The Morgan fingerprint density at radius 1 is 1.29 bits per heavy atom. The molecule has 0 spiro atoms. The summed E-state index contributed by atoms with van der Waals surface area (Å²) in [6, 6.07) is 9.36. The van der Waals surface area contributed by atoms with Crippen molar-refractivity contribution < 1.29 is 4.79 Å². The van der Waals surface area contributed by atoms with Crippen molar-refractivity contribution >= 4 is 5.78 Å². The zero-order valence-electron chi connectivity index (χ0n) is 8.57. The Labute approximate surface area is 85.5 Å². The molecule has 0 aromatic heterocycles. The van der Waals surface area contributed by atoms with Gasteiger partial charge in [0.15, 0.2) is 5.78 Å². The van der Waals surface area contributed by atoms with Crippen molar-refractivity contribution in [2.24, 2.45) is 0 Å². The van der Waals surface area contributed by atoms with E-state index in [1.165, 1.54) is 6.42 Å². The number of carbonyl (C=O) groups excluding carboxylic acids is 1. The zero-order valence-corrected chi connectivity index (χ0v) is 8.57. The first-order valence-electron chi connectivity index (χ1n) is 5.10. The van der Waals surface area contributed by atoms with Crippen LogP contribution in [-0.2, 0) is 0 Å². The summed E-state index contributed by atoms with van der Waals surface area (Å²) in [5.74, 6) is 0.0988. The smallest absolute Gasteiger partial charge is 0.185 e. The molecule has 0 saturated heterocycles. The van der Waals surface area contributed by atoms with E-state index >= 15 is 0 Å². The molecule has 0 saturated carbocycles. The summed E-state index contributed by atoms with van der Waals surface area (Å²) in [5.41, 5.74) is 0.764. The summed E-state index contributed by atoms with van der Waals surface area (Å²) < 4.78 is 0. The van der Waals surface area contributed by atoms with Gasteiger partial charge >= 0.3 is 0 Å². The Morgan fingerprint density at radius 3 is 2.64 bits per heavy atom. The summed E-state index contributed by atoms with van der Waals surface area (Å²) in [4.78, 5) is 11.5. The van der Waals surface area contributed by atoms with Crippen molar-refractivity contribution in [3.05, 3.63) is 48.0 Å². The molecule has 0 unspecified atom stereocenters. The van der Waals surface area contributed by atoms with Crippen molar-refractivity contribution in [2.45, 2.75) is 26.2 Å². The van der Waals surface area contributed by atoms with Crippen molar-refractivity contribution in [3.8, 4) is 0 Å². The molecule has 0 heterocycles. The second-order valence-corrected chi connectivity index (χ2v) is 3.27. The standard InChI is InChI=1S/C13H16O/c1-2-3-4-8-11-13(14)12-9-6-5-7-10-12/h5-11H,2-4H2,1H3/b11-8+. The van der Waals surface area contributed by atoms with Gasteiger partial charge in [0.1, 0.15) is 0 Å². The van der Waals surface area contributed by atoms with Crippen LogP contribution < -0.4 is 0 Å². The minimum atomic E-state index is 0.0988. The van der Waals surface area contributed by atoms with Crippen molar-refractivity contribution in [2.75, 3.05) is 0 Å². The molecule has 1 aromatic carbocycles. The quantitative estimate of drug-likeness (QED) is 0.392. The third-order valence-corrected chi connectivity index (χ3v) is 2.05. The first-order chi connectivity index (χ1) is 6.84. The molecular formula is C13H16O. The van der Waals surface area contributed by atoms with Gasteiger partial charge in [-0.15, -0.1) is 0 Å². The summed E-state index contributed by atoms with van der Waals surface area (Å²) in [7, 11) is 0. The Balaban J connectivity index is 2.47. The lowest BCUT2D eigenvalue weighted by Crippen LogP contribution is -1.92. The molecule has 74 valence electrons. The van der Waals surface area contributed by atoms with Gasteiger partial charge in [0.25, 0.3) is 0 Å². The average molecular weight is 188 g/mol. The molecule has 1 rings (SSSR count). The van der Waals surface area contributed by atoms with Gasteiger partial charge in [0, 0.05) is 5.56 Å². The summed E-state index contributed by atoms with van der Waals surface area (Å²) >= 11 is 0. The van der Waals surface area contributed by atoms with Crippen LogP contribution in [0, 0.1) is 0 Å². The molecule has 0 bridgehead atoms. The predicted octanol–water partition coefficient (Wildman–Crippen LogP) is 3.62. The lowest BCUT2D eigenvalue weighted by molar-refractivity contribution is 0.104. The van der Waals surface area contributed by atoms with Gasteiger partial charge in [-0.1, -0.05) is 56.2 Å². The fourth-order valence-corrected chi connectivity index (χ4v) is 1.21. The number of rotatable bonds is 5. The van der Waals surface area contributed by atoms with E-state index in [0.717, 1.165) is 18.4 Å². The zero-order chi connectivity index (χ0) is 10.2. The van der Waals surface area contributed by atoms with E-state index in [0.29, 0.717) is 0 Å². The van der Waals surface area contributed by atoms with Gasteiger partial charge in [-0.05, 0) is 12.5 Å². The van der Waals surface area contributed by atoms with Crippen LogP contribution in [0.2, 0.25) is 0 Å². The lowest BCUT2D eigenvalue weighted by Gasteiger charge is -1.93. The van der Waals surface area contributed by atoms with Crippen molar-refractivity contribution in [3.63, 3.8) is 0 Å². The Morgan fingerprint density at radius 2 is 2.00 bits per heavy atom. The highest BCUT2D eigenvalue weighted by Crippen LogP contribution is 2.02. The van der Waals surface area contributed by atoms with Crippen molar-refractivity contribution in [1.29, 1.82) is 0 Å². The molecule has 0 fully saturated rings. The third-order valence-electron chi connectivity index (χ3n) is 2.05. The lowest BCUT2D eigenvalue weighted by atomic mass is 10.1. The van der Waals surface area contributed by atoms with E-state index < -0.39 is 0 Å². The molecule has 0 atom stereocenters. The van der Waals surface area contributed by atoms with Gasteiger partial charge in [-0.25, -0.2) is 0 Å². The molecular weight excluding hydrogens is 172 g/mol. The molecule has 0 amide bonds. The molecule has 0 N–H and O–H groups in total. The molecule has 14 heavy (non-hydrogen) atoms. The number of hydrogen-bond acceptors (Lipinski definition) is 1. The maximum absolute atomic E-state index is 11.5. The molecule has 1 nitrogen and oxygen atoms in total. The largest absolute Gasteiger partial charge is 0.289 e. The van der Waals surface area contributed by atoms with Crippen LogP contribution in [0.1, 0.15) is 36.5 Å². The SMILES string of the molecule is CCCC/C=C/C(=O)c1ccccc1. The number of benzene rings is 1. The molecule has 0 radical (unpaired) electrons. The average Bonchev–Trinajstić information content (AvgIpc) is 2.25. The van der Waals surface area contributed by atoms with Crippen LogP contribution in [0.5, 0.6) is 0 Å². The predicted molar refractivity (Wildman–Crippen MR) is 59.4 cm³/mol. The van der Waals surface area contributed by atoms with Gasteiger partial charge < -0.3 is 0 Å².